The van der Waals surface area contributed by atoms with Crippen LogP contribution in [0.3, 0.4) is 0 Å². The maximum Gasteiger partial charge on any atom is 0.261 e. The van der Waals surface area contributed by atoms with Gasteiger partial charge in [0.15, 0.2) is 17.2 Å². The Hall–Kier alpha value is -2.20. The maximum absolute atomic E-state index is 9.19. The molecule has 0 aliphatic rings. The van der Waals surface area contributed by atoms with Crippen molar-refractivity contribution < 1.29 is 27.2 Å². The molecule has 8 nitrogen and oxygen atoms in total. The lowest BCUT2D eigenvalue weighted by molar-refractivity contribution is 0.270. The highest BCUT2D eigenvalue weighted by Gasteiger charge is 2.11. The number of nitrogens with one attached hydrogen (secondary N) is 1. The minimum Gasteiger partial charge on any atom is -0.493 e. The van der Waals surface area contributed by atoms with Gasteiger partial charge in [-0.1, -0.05) is 35.3 Å². The molecule has 0 spiro atoms. The van der Waals surface area contributed by atoms with E-state index in [0.29, 0.717) is 40.8 Å². The van der Waals surface area contributed by atoms with Gasteiger partial charge in [0.05, 0.1) is 36.6 Å². The number of benzene rings is 2. The van der Waals surface area contributed by atoms with E-state index in [9.17, 15) is 8.42 Å². The third-order valence-electron chi connectivity index (χ3n) is 3.67. The molecule has 0 bridgehead atoms. The van der Waals surface area contributed by atoms with Gasteiger partial charge in [0.2, 0.25) is 0 Å². The highest BCUT2D eigenvalue weighted by molar-refractivity contribution is 7.85. The molecule has 0 heterocycles. The Morgan fingerprint density at radius 2 is 1.52 bits per heavy atom. The number of amidine groups is 1. The Morgan fingerprint density at radius 1 is 1.03 bits per heavy atom. The first-order valence-electron chi connectivity index (χ1n) is 9.17. The van der Waals surface area contributed by atoms with Crippen molar-refractivity contribution in [3.63, 3.8) is 0 Å². The van der Waals surface area contributed by atoms with Crippen LogP contribution in [0, 0.1) is 5.41 Å². The molecule has 0 radical (unpaired) electrons. The van der Waals surface area contributed by atoms with Gasteiger partial charge in [-0.3, -0.25) is 9.96 Å². The zero-order valence-electron chi connectivity index (χ0n) is 17.2. The molecular formula is C20H26Cl2N2O6S. The Balaban J connectivity index is 0.000000861. The molecule has 0 unspecified atom stereocenters. The normalized spacial score (nSPS) is 10.6. The van der Waals surface area contributed by atoms with E-state index in [-0.39, 0.29) is 5.84 Å². The lowest BCUT2D eigenvalue weighted by Crippen LogP contribution is -2.11. The van der Waals surface area contributed by atoms with Gasteiger partial charge < -0.3 is 19.9 Å². The number of nitrogens with two attached hydrogens (primary N) is 1. The SMILES string of the molecule is COc1ccccc1OCCCCCOc1c(Cl)cc(C(=N)N)cc1Cl.CS(=O)(=O)O. The van der Waals surface area contributed by atoms with Crippen molar-refractivity contribution in [2.24, 2.45) is 5.73 Å². The summed E-state index contributed by atoms with van der Waals surface area (Å²) in [7, 11) is -2.04. The molecule has 0 atom stereocenters. The lowest BCUT2D eigenvalue weighted by Gasteiger charge is -2.12. The Bertz CT molecular complexity index is 939. The number of ether oxygens (including phenoxy) is 3. The van der Waals surface area contributed by atoms with Gasteiger partial charge in [0.1, 0.15) is 5.84 Å². The molecule has 4 N–H and O–H groups in total. The Morgan fingerprint density at radius 3 is 2.00 bits per heavy atom. The summed E-state index contributed by atoms with van der Waals surface area (Å²) in [5.74, 6) is 1.81. The van der Waals surface area contributed by atoms with Crippen molar-refractivity contribution >= 4 is 39.2 Å². The lowest BCUT2D eigenvalue weighted by atomic mass is 10.2. The molecule has 0 aromatic heterocycles. The standard InChI is InChI=1S/C19H22Cl2N2O3.CH4O3S/c1-24-16-7-3-4-8-17(16)25-9-5-2-6-10-26-18-14(20)11-13(19(22)23)12-15(18)21;1-5(2,3)4/h3-4,7-8,11-12H,2,5-6,9-10H2,1H3,(H3,22,23);1H3,(H,2,3,4). The number of nitrogen functional groups attached to an aromatic ring is 1. The molecule has 2 aromatic carbocycles. The second-order valence-corrected chi connectivity index (χ2v) is 8.60. The summed E-state index contributed by atoms with van der Waals surface area (Å²) in [6, 6.07) is 10.7. The van der Waals surface area contributed by atoms with Gasteiger partial charge in [0.25, 0.3) is 10.1 Å². The van der Waals surface area contributed by atoms with Crippen LogP contribution >= 0.6 is 23.2 Å². The third-order valence-corrected chi connectivity index (χ3v) is 4.23. The van der Waals surface area contributed by atoms with E-state index >= 15 is 0 Å². The zero-order valence-corrected chi connectivity index (χ0v) is 19.6. The van der Waals surface area contributed by atoms with Crippen molar-refractivity contribution in [1.82, 2.24) is 0 Å². The van der Waals surface area contributed by atoms with E-state index in [1.54, 1.807) is 19.2 Å². The second-order valence-electron chi connectivity index (χ2n) is 6.32. The summed E-state index contributed by atoms with van der Waals surface area (Å²) >= 11 is 12.3. The fourth-order valence-corrected chi connectivity index (χ4v) is 2.92. The van der Waals surface area contributed by atoms with Crippen LogP contribution in [0.5, 0.6) is 17.2 Å². The minimum absolute atomic E-state index is 0.0876. The average Bonchev–Trinajstić information content (AvgIpc) is 2.67. The highest BCUT2D eigenvalue weighted by Crippen LogP contribution is 2.34. The van der Waals surface area contributed by atoms with Gasteiger partial charge in [-0.25, -0.2) is 0 Å². The zero-order chi connectivity index (χ0) is 23.4. The van der Waals surface area contributed by atoms with Crippen LogP contribution in [0.2, 0.25) is 10.0 Å². The third kappa shape index (κ3) is 11.1. The molecule has 0 saturated carbocycles. The van der Waals surface area contributed by atoms with Crippen molar-refractivity contribution in [3.05, 3.63) is 52.0 Å². The van der Waals surface area contributed by atoms with Crippen molar-refractivity contribution in [1.29, 1.82) is 5.41 Å². The van der Waals surface area contributed by atoms with E-state index < -0.39 is 10.1 Å². The van der Waals surface area contributed by atoms with E-state index in [1.807, 2.05) is 24.3 Å². The molecule has 172 valence electrons. The molecule has 0 fully saturated rings. The van der Waals surface area contributed by atoms with Crippen LogP contribution in [0.25, 0.3) is 0 Å². The summed E-state index contributed by atoms with van der Waals surface area (Å²) in [6.07, 6.45) is 3.39. The number of para-hydroxylation sites is 2. The molecule has 0 amide bonds. The highest BCUT2D eigenvalue weighted by atomic mass is 35.5. The smallest absolute Gasteiger partial charge is 0.261 e. The largest absolute Gasteiger partial charge is 0.493 e. The number of hydrogen-bond acceptors (Lipinski definition) is 6. The minimum atomic E-state index is -3.67. The van der Waals surface area contributed by atoms with Gasteiger partial charge in [-0.15, -0.1) is 0 Å². The molecule has 2 rings (SSSR count). The van der Waals surface area contributed by atoms with Crippen LogP contribution in [0.15, 0.2) is 36.4 Å². The predicted molar refractivity (Wildman–Crippen MR) is 123 cm³/mol. The van der Waals surface area contributed by atoms with Gasteiger partial charge in [0, 0.05) is 5.56 Å². The first kappa shape index (κ1) is 26.8. The molecule has 31 heavy (non-hydrogen) atoms. The van der Waals surface area contributed by atoms with Crippen LogP contribution in [-0.4, -0.2) is 45.4 Å². The number of halogens is 2. The fourth-order valence-electron chi connectivity index (χ4n) is 2.33. The quantitative estimate of drug-likeness (QED) is 0.193. The maximum atomic E-state index is 9.19. The van der Waals surface area contributed by atoms with Crippen LogP contribution in [0.1, 0.15) is 24.8 Å². The topological polar surface area (TPSA) is 132 Å². The van der Waals surface area contributed by atoms with Gasteiger partial charge in [-0.2, -0.15) is 8.42 Å². The summed E-state index contributed by atoms with van der Waals surface area (Å²) in [5, 5.41) is 8.12. The fraction of sp³-hybridized carbons (Fsp3) is 0.350. The van der Waals surface area contributed by atoms with Crippen molar-refractivity contribution in [3.8, 4) is 17.2 Å². The van der Waals surface area contributed by atoms with E-state index in [4.69, 9.17) is 53.1 Å². The predicted octanol–water partition coefficient (Wildman–Crippen LogP) is 4.42. The first-order chi connectivity index (χ1) is 14.5. The Kier molecular flexibility index (Phi) is 11.5. The molecule has 11 heteroatoms. The second kappa shape index (κ2) is 13.3. The van der Waals surface area contributed by atoms with E-state index in [2.05, 4.69) is 0 Å². The first-order valence-corrected chi connectivity index (χ1v) is 11.8. The molecule has 0 aliphatic carbocycles. The molecule has 0 saturated heterocycles. The van der Waals surface area contributed by atoms with E-state index in [0.717, 1.165) is 30.8 Å². The van der Waals surface area contributed by atoms with Gasteiger partial charge in [-0.05, 0) is 43.5 Å². The average molecular weight is 493 g/mol. The number of hydrogen-bond donors (Lipinski definition) is 3. The Labute approximate surface area is 192 Å². The van der Waals surface area contributed by atoms with Crippen molar-refractivity contribution in [2.75, 3.05) is 26.6 Å². The summed E-state index contributed by atoms with van der Waals surface area (Å²) in [4.78, 5) is 0. The summed E-state index contributed by atoms with van der Waals surface area (Å²) in [5.41, 5.74) is 5.91. The van der Waals surface area contributed by atoms with Crippen LogP contribution < -0.4 is 19.9 Å². The number of unbranched alkanes of at least 4 members (excludes halogenated alkanes) is 2. The van der Waals surface area contributed by atoms with Gasteiger partial charge >= 0.3 is 0 Å². The van der Waals surface area contributed by atoms with Crippen LogP contribution in [0.4, 0.5) is 0 Å². The monoisotopic (exact) mass is 492 g/mol. The van der Waals surface area contributed by atoms with Crippen LogP contribution in [-0.2, 0) is 10.1 Å². The number of methoxy groups -OCH3 is 1. The molecule has 0 aliphatic heterocycles. The van der Waals surface area contributed by atoms with Crippen molar-refractivity contribution in [2.45, 2.75) is 19.3 Å². The number of rotatable bonds is 10. The summed E-state index contributed by atoms with van der Waals surface area (Å²) in [6.45, 7) is 1.10. The summed E-state index contributed by atoms with van der Waals surface area (Å²) < 4.78 is 42.5. The van der Waals surface area contributed by atoms with E-state index in [1.165, 1.54) is 0 Å². The molecule has 2 aromatic rings. The molecular weight excluding hydrogens is 467 g/mol.